The molecular weight excluding hydrogens is 346 g/mol. The van der Waals surface area contributed by atoms with E-state index in [-0.39, 0.29) is 18.0 Å². The summed E-state index contributed by atoms with van der Waals surface area (Å²) in [6.07, 6.45) is -0.250. The van der Waals surface area contributed by atoms with Crippen LogP contribution in [0, 0.1) is 0 Å². The molecule has 0 saturated carbocycles. The molecule has 0 heterocycles. The third kappa shape index (κ3) is 4.10. The van der Waals surface area contributed by atoms with Crippen LogP contribution in [0.25, 0.3) is 10.8 Å². The minimum atomic E-state index is -0.652. The van der Waals surface area contributed by atoms with Crippen molar-refractivity contribution in [3.8, 4) is 0 Å². The van der Waals surface area contributed by atoms with E-state index in [1.54, 1.807) is 0 Å². The molecule has 1 amide bonds. The molecular formula is C25H29NO2. The number of fused-ring (bicyclic) bond motifs is 1. The minimum absolute atomic E-state index is 0.0251. The van der Waals surface area contributed by atoms with Crippen LogP contribution in [0.3, 0.4) is 0 Å². The summed E-state index contributed by atoms with van der Waals surface area (Å²) in [6, 6.07) is 21.8. The number of rotatable bonds is 6. The largest absolute Gasteiger partial charge is 0.388 e. The molecule has 0 aromatic heterocycles. The smallest absolute Gasteiger partial charge is 0.255 e. The average molecular weight is 376 g/mol. The van der Waals surface area contributed by atoms with Gasteiger partial charge in [0, 0.05) is 18.5 Å². The van der Waals surface area contributed by atoms with Gasteiger partial charge in [0.25, 0.3) is 5.91 Å². The zero-order valence-electron chi connectivity index (χ0n) is 17.1. The van der Waals surface area contributed by atoms with Gasteiger partial charge in [-0.15, -0.1) is 0 Å². The van der Waals surface area contributed by atoms with Gasteiger partial charge >= 0.3 is 0 Å². The maximum absolute atomic E-state index is 13.6. The lowest BCUT2D eigenvalue weighted by Crippen LogP contribution is -2.42. The highest BCUT2D eigenvalue weighted by atomic mass is 16.3. The fourth-order valence-electron chi connectivity index (χ4n) is 3.94. The lowest BCUT2D eigenvalue weighted by Gasteiger charge is -2.32. The van der Waals surface area contributed by atoms with Gasteiger partial charge in [0.1, 0.15) is 0 Å². The highest BCUT2D eigenvalue weighted by Gasteiger charge is 2.26. The van der Waals surface area contributed by atoms with E-state index in [1.165, 1.54) is 0 Å². The normalized spacial score (nSPS) is 12.5. The number of carbonyl (C=O) groups excluding carboxylic acids is 1. The minimum Gasteiger partial charge on any atom is -0.388 e. The second kappa shape index (κ2) is 8.57. The summed E-state index contributed by atoms with van der Waals surface area (Å²) in [7, 11) is 0. The second-order valence-corrected chi connectivity index (χ2v) is 7.85. The Hall–Kier alpha value is -2.65. The molecule has 0 radical (unpaired) electrons. The van der Waals surface area contributed by atoms with Crippen molar-refractivity contribution in [2.24, 2.45) is 0 Å². The van der Waals surface area contributed by atoms with Gasteiger partial charge in [-0.25, -0.2) is 0 Å². The van der Waals surface area contributed by atoms with Gasteiger partial charge in [-0.1, -0.05) is 66.7 Å². The van der Waals surface area contributed by atoms with Crippen LogP contribution in [-0.2, 0) is 6.42 Å². The molecule has 3 nitrogen and oxygen atoms in total. The second-order valence-electron chi connectivity index (χ2n) is 7.85. The first-order valence-electron chi connectivity index (χ1n) is 9.96. The van der Waals surface area contributed by atoms with Crippen molar-refractivity contribution in [1.29, 1.82) is 0 Å². The zero-order chi connectivity index (χ0) is 20.3. The monoisotopic (exact) mass is 375 g/mol. The highest BCUT2D eigenvalue weighted by Crippen LogP contribution is 2.29. The Morgan fingerprint density at radius 3 is 2.11 bits per heavy atom. The summed E-state index contributed by atoms with van der Waals surface area (Å²) in [4.78, 5) is 15.5. The van der Waals surface area contributed by atoms with Gasteiger partial charge in [0.15, 0.2) is 0 Å². The van der Waals surface area contributed by atoms with Crippen molar-refractivity contribution in [3.05, 3.63) is 83.4 Å². The van der Waals surface area contributed by atoms with Gasteiger partial charge in [0.05, 0.1) is 11.7 Å². The number of nitrogens with zero attached hydrogens (tertiary/aromatic N) is 1. The van der Waals surface area contributed by atoms with E-state index < -0.39 is 6.10 Å². The van der Waals surface area contributed by atoms with Crippen LogP contribution in [0.15, 0.2) is 66.7 Å². The van der Waals surface area contributed by atoms with Crippen LogP contribution in [-0.4, -0.2) is 28.0 Å². The predicted molar refractivity (Wildman–Crippen MR) is 115 cm³/mol. The molecule has 3 heteroatoms. The quantitative estimate of drug-likeness (QED) is 0.629. The molecule has 0 aliphatic heterocycles. The number of aliphatic hydroxyl groups excluding tert-OH is 1. The van der Waals surface area contributed by atoms with E-state index in [2.05, 4.69) is 0 Å². The van der Waals surface area contributed by atoms with Gasteiger partial charge in [0.2, 0.25) is 0 Å². The van der Waals surface area contributed by atoms with E-state index in [0.29, 0.717) is 12.0 Å². The van der Waals surface area contributed by atoms with Crippen LogP contribution in [0.4, 0.5) is 0 Å². The lowest BCUT2D eigenvalue weighted by molar-refractivity contribution is 0.0644. The van der Waals surface area contributed by atoms with Crippen molar-refractivity contribution in [1.82, 2.24) is 4.90 Å². The summed E-state index contributed by atoms with van der Waals surface area (Å²) in [6.45, 7) is 8.17. The lowest BCUT2D eigenvalue weighted by atomic mass is 9.92. The standard InChI is InChI=1S/C25H29NO2/c1-17(2)26(18(3)4)25(28)24-21(15-14-19-10-8-9-13-22(19)24)16-23(27)20-11-6-5-7-12-20/h5-15,17-18,23,27H,16H2,1-4H3/t23-/m0/s1. The molecule has 146 valence electrons. The average Bonchev–Trinajstić information content (AvgIpc) is 2.67. The predicted octanol–water partition coefficient (Wildman–Crippen LogP) is 5.37. The van der Waals surface area contributed by atoms with Gasteiger partial charge in [-0.05, 0) is 49.6 Å². The molecule has 28 heavy (non-hydrogen) atoms. The Bertz CT molecular complexity index is 939. The van der Waals surface area contributed by atoms with Crippen molar-refractivity contribution >= 4 is 16.7 Å². The van der Waals surface area contributed by atoms with E-state index in [4.69, 9.17) is 0 Å². The summed E-state index contributed by atoms with van der Waals surface area (Å²) >= 11 is 0. The van der Waals surface area contributed by atoms with E-state index in [0.717, 1.165) is 21.9 Å². The van der Waals surface area contributed by atoms with Crippen LogP contribution in [0.1, 0.15) is 55.3 Å². The molecule has 1 N–H and O–H groups in total. The molecule has 1 atom stereocenters. The Morgan fingerprint density at radius 2 is 1.46 bits per heavy atom. The number of carbonyl (C=O) groups is 1. The molecule has 3 rings (SSSR count). The molecule has 0 fully saturated rings. The molecule has 0 saturated heterocycles. The van der Waals surface area contributed by atoms with Crippen LogP contribution >= 0.6 is 0 Å². The van der Waals surface area contributed by atoms with Gasteiger partial charge in [-0.2, -0.15) is 0 Å². The Morgan fingerprint density at radius 1 is 0.857 bits per heavy atom. The fourth-order valence-corrected chi connectivity index (χ4v) is 3.94. The highest BCUT2D eigenvalue weighted by molar-refractivity contribution is 6.08. The molecule has 3 aromatic carbocycles. The first kappa shape index (κ1) is 20.1. The van der Waals surface area contributed by atoms with Crippen LogP contribution < -0.4 is 0 Å². The van der Waals surface area contributed by atoms with Gasteiger partial charge in [-0.3, -0.25) is 4.79 Å². The SMILES string of the molecule is CC(C)N(C(=O)c1c(C[C@H](O)c2ccccc2)ccc2ccccc12)C(C)C. The van der Waals surface area contributed by atoms with E-state index in [9.17, 15) is 9.90 Å². The summed E-state index contributed by atoms with van der Waals surface area (Å²) in [5.41, 5.74) is 2.44. The van der Waals surface area contributed by atoms with Crippen molar-refractivity contribution in [2.75, 3.05) is 0 Å². The molecule has 0 aliphatic rings. The zero-order valence-corrected chi connectivity index (χ0v) is 17.1. The Labute approximate surface area is 167 Å². The van der Waals surface area contributed by atoms with Crippen molar-refractivity contribution < 1.29 is 9.90 Å². The van der Waals surface area contributed by atoms with Crippen molar-refractivity contribution in [3.63, 3.8) is 0 Å². The third-order valence-corrected chi connectivity index (χ3v) is 5.17. The number of hydrogen-bond donors (Lipinski definition) is 1. The molecule has 0 spiro atoms. The maximum atomic E-state index is 13.6. The molecule has 0 aliphatic carbocycles. The first-order chi connectivity index (χ1) is 13.4. The van der Waals surface area contributed by atoms with E-state index in [1.807, 2.05) is 99.3 Å². The summed E-state index contributed by atoms with van der Waals surface area (Å²) in [5.74, 6) is 0.0251. The number of benzene rings is 3. The number of hydrogen-bond acceptors (Lipinski definition) is 2. The maximum Gasteiger partial charge on any atom is 0.255 e. The summed E-state index contributed by atoms with van der Waals surface area (Å²) in [5, 5.41) is 12.8. The van der Waals surface area contributed by atoms with E-state index >= 15 is 0 Å². The van der Waals surface area contributed by atoms with Gasteiger partial charge < -0.3 is 10.0 Å². The summed E-state index contributed by atoms with van der Waals surface area (Å²) < 4.78 is 0. The van der Waals surface area contributed by atoms with Crippen LogP contribution in [0.5, 0.6) is 0 Å². The number of amides is 1. The first-order valence-corrected chi connectivity index (χ1v) is 9.96. The Kier molecular flexibility index (Phi) is 6.15. The van der Waals surface area contributed by atoms with Crippen LogP contribution in [0.2, 0.25) is 0 Å². The molecule has 0 unspecified atom stereocenters. The fraction of sp³-hybridized carbons (Fsp3) is 0.320. The molecule has 3 aromatic rings. The molecule has 0 bridgehead atoms. The van der Waals surface area contributed by atoms with Crippen molar-refractivity contribution in [2.45, 2.75) is 52.3 Å². The topological polar surface area (TPSA) is 40.5 Å². The third-order valence-electron chi connectivity index (χ3n) is 5.17. The Balaban J connectivity index is 2.10. The number of aliphatic hydroxyl groups is 1.